The van der Waals surface area contributed by atoms with Crippen molar-refractivity contribution in [2.45, 2.75) is 26.2 Å². The minimum absolute atomic E-state index is 0.0760. The first-order valence-corrected chi connectivity index (χ1v) is 8.38. The van der Waals surface area contributed by atoms with Crippen molar-refractivity contribution in [1.29, 1.82) is 0 Å². The van der Waals surface area contributed by atoms with Crippen LogP contribution in [-0.4, -0.2) is 53.0 Å². The zero-order valence-electron chi connectivity index (χ0n) is 14.1. The summed E-state index contributed by atoms with van der Waals surface area (Å²) in [6.07, 6.45) is 2.38. The number of nitro benzene ring substituents is 1. The van der Waals surface area contributed by atoms with E-state index in [-0.39, 0.29) is 23.7 Å². The van der Waals surface area contributed by atoms with Gasteiger partial charge in [-0.15, -0.1) is 0 Å². The van der Waals surface area contributed by atoms with Crippen LogP contribution in [0.25, 0.3) is 0 Å². The molecule has 0 aromatic heterocycles. The first-order chi connectivity index (χ1) is 11.8. The lowest BCUT2D eigenvalue weighted by Crippen LogP contribution is -2.34. The lowest BCUT2D eigenvalue weighted by Gasteiger charge is -2.21. The molecule has 2 heterocycles. The summed E-state index contributed by atoms with van der Waals surface area (Å²) in [6.45, 7) is 3.61. The van der Waals surface area contributed by atoms with E-state index in [4.69, 9.17) is 0 Å². The van der Waals surface area contributed by atoms with Crippen molar-refractivity contribution >= 4 is 23.3 Å². The molecule has 0 spiro atoms. The van der Waals surface area contributed by atoms with Crippen LogP contribution in [-0.2, 0) is 4.79 Å². The molecule has 8 heteroatoms. The number of aliphatic carboxylic acids is 1. The number of likely N-dealkylation sites (tertiary alicyclic amines) is 1. The number of nitro groups is 1. The Bertz CT molecular complexity index is 729. The Morgan fingerprint density at radius 2 is 1.92 bits per heavy atom. The Kier molecular flexibility index (Phi) is 4.36. The molecule has 2 aliphatic rings. The first kappa shape index (κ1) is 17.2. The molecule has 1 aromatic carbocycles. The number of amides is 1. The summed E-state index contributed by atoms with van der Waals surface area (Å²) >= 11 is 0. The lowest BCUT2D eigenvalue weighted by molar-refractivity contribution is -0.384. The number of rotatable bonds is 4. The maximum Gasteiger partial charge on any atom is 0.311 e. The Morgan fingerprint density at radius 3 is 2.48 bits per heavy atom. The normalized spacial score (nSPS) is 23.1. The van der Waals surface area contributed by atoms with Crippen LogP contribution < -0.4 is 4.90 Å². The molecule has 1 amide bonds. The van der Waals surface area contributed by atoms with Crippen LogP contribution in [0, 0.1) is 15.5 Å². The molecule has 0 saturated carbocycles. The molecule has 1 N–H and O–H groups in total. The van der Waals surface area contributed by atoms with Crippen LogP contribution in [0.5, 0.6) is 0 Å². The van der Waals surface area contributed by atoms with Crippen LogP contribution >= 0.6 is 0 Å². The van der Waals surface area contributed by atoms with Crippen LogP contribution in [0.2, 0.25) is 0 Å². The number of nitrogens with zero attached hydrogens (tertiary/aromatic N) is 3. The molecular formula is C17H21N3O5. The topological polar surface area (TPSA) is 104 Å². The Morgan fingerprint density at radius 1 is 1.24 bits per heavy atom. The molecular weight excluding hydrogens is 326 g/mol. The van der Waals surface area contributed by atoms with Crippen molar-refractivity contribution in [2.24, 2.45) is 5.41 Å². The summed E-state index contributed by atoms with van der Waals surface area (Å²) in [4.78, 5) is 38.4. The summed E-state index contributed by atoms with van der Waals surface area (Å²) in [5, 5.41) is 20.7. The van der Waals surface area contributed by atoms with Gasteiger partial charge in [-0.2, -0.15) is 0 Å². The summed E-state index contributed by atoms with van der Waals surface area (Å²) in [5.74, 6) is -1.29. The van der Waals surface area contributed by atoms with Crippen LogP contribution in [0.3, 0.4) is 0 Å². The number of anilines is 1. The zero-order valence-corrected chi connectivity index (χ0v) is 14.1. The highest BCUT2D eigenvalue weighted by molar-refractivity contribution is 5.96. The van der Waals surface area contributed by atoms with E-state index >= 15 is 0 Å². The minimum atomic E-state index is -0.961. The van der Waals surface area contributed by atoms with Crippen LogP contribution in [0.1, 0.15) is 36.5 Å². The van der Waals surface area contributed by atoms with E-state index in [1.54, 1.807) is 19.1 Å². The highest BCUT2D eigenvalue weighted by Crippen LogP contribution is 2.34. The third-order valence-corrected chi connectivity index (χ3v) is 5.14. The van der Waals surface area contributed by atoms with Crippen molar-refractivity contribution in [3.8, 4) is 0 Å². The van der Waals surface area contributed by atoms with Gasteiger partial charge in [0.2, 0.25) is 0 Å². The molecule has 25 heavy (non-hydrogen) atoms. The Labute approximate surface area is 145 Å². The van der Waals surface area contributed by atoms with Gasteiger partial charge in [0, 0.05) is 37.8 Å². The van der Waals surface area contributed by atoms with Gasteiger partial charge in [-0.25, -0.2) is 0 Å². The number of carboxylic acids is 1. The number of hydrogen-bond acceptors (Lipinski definition) is 5. The Hall–Kier alpha value is -2.64. The van der Waals surface area contributed by atoms with E-state index in [9.17, 15) is 24.8 Å². The molecule has 134 valence electrons. The molecule has 1 unspecified atom stereocenters. The third kappa shape index (κ3) is 3.16. The molecule has 2 aliphatic heterocycles. The fourth-order valence-electron chi connectivity index (χ4n) is 3.52. The molecule has 2 saturated heterocycles. The van der Waals surface area contributed by atoms with E-state index < -0.39 is 16.3 Å². The molecule has 1 aromatic rings. The monoisotopic (exact) mass is 347 g/mol. The van der Waals surface area contributed by atoms with E-state index in [1.807, 2.05) is 4.90 Å². The van der Waals surface area contributed by atoms with Crippen molar-refractivity contribution in [3.05, 3.63) is 33.9 Å². The molecule has 8 nitrogen and oxygen atoms in total. The van der Waals surface area contributed by atoms with E-state index in [0.717, 1.165) is 25.9 Å². The molecule has 3 rings (SSSR count). The van der Waals surface area contributed by atoms with Crippen molar-refractivity contribution < 1.29 is 19.6 Å². The fraction of sp³-hybridized carbons (Fsp3) is 0.529. The highest BCUT2D eigenvalue weighted by atomic mass is 16.6. The second-order valence-electron chi connectivity index (χ2n) is 7.00. The SMILES string of the molecule is CC1(C(=O)O)CCN(C(=O)c2ccc(N3CCCC3)c([N+](=O)[O-])c2)C1. The number of benzene rings is 1. The van der Waals surface area contributed by atoms with Gasteiger partial charge in [0.1, 0.15) is 5.69 Å². The highest BCUT2D eigenvalue weighted by Gasteiger charge is 2.42. The summed E-state index contributed by atoms with van der Waals surface area (Å²) in [6, 6.07) is 4.54. The van der Waals surface area contributed by atoms with Crippen molar-refractivity contribution in [2.75, 3.05) is 31.1 Å². The van der Waals surface area contributed by atoms with Gasteiger partial charge in [-0.05, 0) is 38.3 Å². The fourth-order valence-corrected chi connectivity index (χ4v) is 3.52. The van der Waals surface area contributed by atoms with Crippen molar-refractivity contribution in [1.82, 2.24) is 4.90 Å². The van der Waals surface area contributed by atoms with E-state index in [0.29, 0.717) is 18.7 Å². The number of carboxylic acid groups (broad SMARTS) is 1. The summed E-state index contributed by atoms with van der Waals surface area (Å²) < 4.78 is 0. The maximum atomic E-state index is 12.7. The standard InChI is InChI=1S/C17H21N3O5/c1-17(16(22)23)6-9-19(11-17)15(21)12-4-5-13(14(10-12)20(24)25)18-7-2-3-8-18/h4-5,10H,2-3,6-9,11H2,1H3,(H,22,23). The molecule has 0 aliphatic carbocycles. The number of carbonyl (C=O) groups is 2. The number of carbonyl (C=O) groups excluding carboxylic acids is 1. The molecule has 0 radical (unpaired) electrons. The van der Waals surface area contributed by atoms with E-state index in [1.165, 1.54) is 11.0 Å². The van der Waals surface area contributed by atoms with Gasteiger partial charge in [-0.1, -0.05) is 0 Å². The number of hydrogen-bond donors (Lipinski definition) is 1. The van der Waals surface area contributed by atoms with Gasteiger partial charge in [0.15, 0.2) is 0 Å². The van der Waals surface area contributed by atoms with Gasteiger partial charge < -0.3 is 14.9 Å². The lowest BCUT2D eigenvalue weighted by atomic mass is 9.90. The predicted molar refractivity (Wildman–Crippen MR) is 90.8 cm³/mol. The molecule has 0 bridgehead atoms. The zero-order chi connectivity index (χ0) is 18.2. The average molecular weight is 347 g/mol. The molecule has 1 atom stereocenters. The quantitative estimate of drug-likeness (QED) is 0.661. The van der Waals surface area contributed by atoms with Gasteiger partial charge in [0.05, 0.1) is 10.3 Å². The Balaban J connectivity index is 1.85. The third-order valence-electron chi connectivity index (χ3n) is 5.14. The first-order valence-electron chi connectivity index (χ1n) is 8.38. The second kappa shape index (κ2) is 6.34. The van der Waals surface area contributed by atoms with E-state index in [2.05, 4.69) is 0 Å². The predicted octanol–water partition coefficient (Wildman–Crippen LogP) is 2.13. The minimum Gasteiger partial charge on any atom is -0.481 e. The van der Waals surface area contributed by atoms with Gasteiger partial charge in [0.25, 0.3) is 11.6 Å². The summed E-state index contributed by atoms with van der Waals surface area (Å²) in [5.41, 5.74) is -0.273. The average Bonchev–Trinajstić information content (AvgIpc) is 3.24. The van der Waals surface area contributed by atoms with Gasteiger partial charge >= 0.3 is 5.97 Å². The van der Waals surface area contributed by atoms with Gasteiger partial charge in [-0.3, -0.25) is 19.7 Å². The molecule has 2 fully saturated rings. The van der Waals surface area contributed by atoms with Crippen LogP contribution in [0.15, 0.2) is 18.2 Å². The summed E-state index contributed by atoms with van der Waals surface area (Å²) in [7, 11) is 0. The smallest absolute Gasteiger partial charge is 0.311 e. The largest absolute Gasteiger partial charge is 0.481 e. The van der Waals surface area contributed by atoms with Crippen LogP contribution in [0.4, 0.5) is 11.4 Å². The second-order valence-corrected chi connectivity index (χ2v) is 7.00. The van der Waals surface area contributed by atoms with Crippen molar-refractivity contribution in [3.63, 3.8) is 0 Å². The maximum absolute atomic E-state index is 12.7.